The molecule has 0 unspecified atom stereocenters. The van der Waals surface area contributed by atoms with Crippen LogP contribution in [0.3, 0.4) is 0 Å². The van der Waals surface area contributed by atoms with Crippen molar-refractivity contribution in [3.8, 4) is 0 Å². The summed E-state index contributed by atoms with van der Waals surface area (Å²) < 4.78 is 37.5. The number of hydrogen-bond acceptors (Lipinski definition) is 2. The van der Waals surface area contributed by atoms with Crippen LogP contribution in [0.5, 0.6) is 0 Å². The Balaban J connectivity index is 2.05. The molecule has 108 valence electrons. The van der Waals surface area contributed by atoms with Crippen LogP contribution < -0.4 is 5.32 Å². The third-order valence-corrected chi connectivity index (χ3v) is 3.35. The lowest BCUT2D eigenvalue weighted by Crippen LogP contribution is -2.34. The number of nitrogens with one attached hydrogen (secondary N) is 1. The molecule has 1 saturated carbocycles. The number of carboxylic acid groups (broad SMARTS) is 1. The fourth-order valence-corrected chi connectivity index (χ4v) is 1.81. The molecule has 0 bridgehead atoms. The second kappa shape index (κ2) is 4.81. The molecule has 20 heavy (non-hydrogen) atoms. The highest BCUT2D eigenvalue weighted by molar-refractivity contribution is 5.94. The number of halogens is 3. The van der Waals surface area contributed by atoms with Crippen LogP contribution in [0.1, 0.15) is 28.8 Å². The Morgan fingerprint density at radius 2 is 1.95 bits per heavy atom. The maximum absolute atomic E-state index is 12.5. The molecule has 0 aromatic heterocycles. The van der Waals surface area contributed by atoms with Gasteiger partial charge in [-0.15, -0.1) is 0 Å². The van der Waals surface area contributed by atoms with E-state index in [4.69, 9.17) is 5.11 Å². The van der Waals surface area contributed by atoms with E-state index >= 15 is 0 Å². The van der Waals surface area contributed by atoms with Crippen molar-refractivity contribution in [3.05, 3.63) is 35.4 Å². The van der Waals surface area contributed by atoms with Crippen LogP contribution in [0.25, 0.3) is 0 Å². The first-order valence-electron chi connectivity index (χ1n) is 5.93. The summed E-state index contributed by atoms with van der Waals surface area (Å²) in [4.78, 5) is 22.7. The van der Waals surface area contributed by atoms with Gasteiger partial charge in [-0.3, -0.25) is 9.59 Å². The van der Waals surface area contributed by atoms with Gasteiger partial charge in [-0.2, -0.15) is 13.2 Å². The molecule has 1 aromatic rings. The molecule has 2 N–H and O–H groups in total. The van der Waals surface area contributed by atoms with Gasteiger partial charge in [0.05, 0.1) is 11.0 Å². The zero-order valence-electron chi connectivity index (χ0n) is 10.3. The van der Waals surface area contributed by atoms with Crippen LogP contribution in [0.15, 0.2) is 24.3 Å². The molecule has 1 aromatic carbocycles. The number of carbonyl (C=O) groups excluding carboxylic acids is 1. The lowest BCUT2D eigenvalue weighted by Gasteiger charge is -2.12. The summed E-state index contributed by atoms with van der Waals surface area (Å²) in [6.45, 7) is -0.0720. The average Bonchev–Trinajstić information content (AvgIpc) is 3.16. The minimum Gasteiger partial charge on any atom is -0.481 e. The van der Waals surface area contributed by atoms with E-state index < -0.39 is 29.0 Å². The predicted octanol–water partition coefficient (Wildman–Crippen LogP) is 2.30. The third kappa shape index (κ3) is 2.92. The largest absolute Gasteiger partial charge is 0.481 e. The van der Waals surface area contributed by atoms with E-state index in [1.807, 2.05) is 0 Å². The van der Waals surface area contributed by atoms with Gasteiger partial charge in [-0.1, -0.05) is 6.07 Å². The second-order valence-corrected chi connectivity index (χ2v) is 4.85. The highest BCUT2D eigenvalue weighted by atomic mass is 19.4. The second-order valence-electron chi connectivity index (χ2n) is 4.85. The third-order valence-electron chi connectivity index (χ3n) is 3.35. The first-order valence-corrected chi connectivity index (χ1v) is 5.93. The summed E-state index contributed by atoms with van der Waals surface area (Å²) in [7, 11) is 0. The number of rotatable bonds is 4. The van der Waals surface area contributed by atoms with Crippen LogP contribution >= 0.6 is 0 Å². The Morgan fingerprint density at radius 3 is 2.45 bits per heavy atom. The molecular formula is C13H12F3NO3. The van der Waals surface area contributed by atoms with Crippen LogP contribution in [-0.4, -0.2) is 23.5 Å². The van der Waals surface area contributed by atoms with Crippen molar-refractivity contribution in [3.63, 3.8) is 0 Å². The SMILES string of the molecule is O=C(NCC1(C(=O)O)CC1)c1cccc(C(F)(F)F)c1. The molecule has 4 nitrogen and oxygen atoms in total. The molecule has 1 amide bonds. The van der Waals surface area contributed by atoms with E-state index in [1.54, 1.807) is 0 Å². The van der Waals surface area contributed by atoms with Gasteiger partial charge in [-0.05, 0) is 31.0 Å². The summed E-state index contributed by atoms with van der Waals surface area (Å²) >= 11 is 0. The van der Waals surface area contributed by atoms with E-state index in [0.29, 0.717) is 12.8 Å². The number of amides is 1. The fourth-order valence-electron chi connectivity index (χ4n) is 1.81. The summed E-state index contributed by atoms with van der Waals surface area (Å²) in [5, 5.41) is 11.3. The van der Waals surface area contributed by atoms with Gasteiger partial charge in [0.1, 0.15) is 0 Å². The topological polar surface area (TPSA) is 66.4 Å². The van der Waals surface area contributed by atoms with Crippen LogP contribution in [0.2, 0.25) is 0 Å². The standard InChI is InChI=1S/C13H12F3NO3/c14-13(15,16)9-3-1-2-8(6-9)10(18)17-7-12(4-5-12)11(19)20/h1-3,6H,4-5,7H2,(H,17,18)(H,19,20). The van der Waals surface area contributed by atoms with Crippen molar-refractivity contribution in [1.82, 2.24) is 5.32 Å². The van der Waals surface area contributed by atoms with Crippen molar-refractivity contribution in [2.45, 2.75) is 19.0 Å². The van der Waals surface area contributed by atoms with Gasteiger partial charge in [0.15, 0.2) is 0 Å². The Labute approximate surface area is 112 Å². The summed E-state index contributed by atoms with van der Waals surface area (Å²) in [6.07, 6.45) is -3.59. The minimum absolute atomic E-state index is 0.0720. The first kappa shape index (κ1) is 14.4. The van der Waals surface area contributed by atoms with Crippen LogP contribution in [0, 0.1) is 5.41 Å². The first-order chi connectivity index (χ1) is 9.24. The smallest absolute Gasteiger partial charge is 0.416 e. The molecule has 0 radical (unpaired) electrons. The monoisotopic (exact) mass is 287 g/mol. The molecule has 1 aliphatic carbocycles. The summed E-state index contributed by atoms with van der Waals surface area (Å²) in [5.41, 5.74) is -2.00. The highest BCUT2D eigenvalue weighted by Gasteiger charge is 2.50. The predicted molar refractivity (Wildman–Crippen MR) is 63.1 cm³/mol. The lowest BCUT2D eigenvalue weighted by atomic mass is 10.1. The van der Waals surface area contributed by atoms with Crippen molar-refractivity contribution < 1.29 is 27.9 Å². The molecule has 0 heterocycles. The molecule has 7 heteroatoms. The van der Waals surface area contributed by atoms with Crippen LogP contribution in [-0.2, 0) is 11.0 Å². The van der Waals surface area contributed by atoms with Gasteiger partial charge in [-0.25, -0.2) is 0 Å². The molecule has 0 atom stereocenters. The maximum atomic E-state index is 12.5. The van der Waals surface area contributed by atoms with Crippen LogP contribution in [0.4, 0.5) is 13.2 Å². The van der Waals surface area contributed by atoms with Crippen molar-refractivity contribution in [1.29, 1.82) is 0 Å². The summed E-state index contributed by atoms with van der Waals surface area (Å²) in [5.74, 6) is -1.70. The molecule has 1 aliphatic rings. The normalized spacial score (nSPS) is 16.6. The van der Waals surface area contributed by atoms with E-state index in [-0.39, 0.29) is 12.1 Å². The van der Waals surface area contributed by atoms with Gasteiger partial charge in [0.25, 0.3) is 5.91 Å². The molecule has 1 fully saturated rings. The molecular weight excluding hydrogens is 275 g/mol. The highest BCUT2D eigenvalue weighted by Crippen LogP contribution is 2.45. The Bertz CT molecular complexity index is 550. The quantitative estimate of drug-likeness (QED) is 0.893. The van der Waals surface area contributed by atoms with E-state index in [0.717, 1.165) is 18.2 Å². The fraction of sp³-hybridized carbons (Fsp3) is 0.385. The van der Waals surface area contributed by atoms with Gasteiger partial charge < -0.3 is 10.4 Å². The molecule has 0 aliphatic heterocycles. The number of carbonyl (C=O) groups is 2. The Hall–Kier alpha value is -2.05. The van der Waals surface area contributed by atoms with E-state index in [1.165, 1.54) is 6.07 Å². The molecule has 2 rings (SSSR count). The van der Waals surface area contributed by atoms with E-state index in [2.05, 4.69) is 5.32 Å². The number of alkyl halides is 3. The van der Waals surface area contributed by atoms with Crippen molar-refractivity contribution in [2.24, 2.45) is 5.41 Å². The average molecular weight is 287 g/mol. The van der Waals surface area contributed by atoms with Gasteiger partial charge >= 0.3 is 12.1 Å². The van der Waals surface area contributed by atoms with Gasteiger partial charge in [0.2, 0.25) is 0 Å². The molecule has 0 spiro atoms. The Kier molecular flexibility index (Phi) is 3.45. The van der Waals surface area contributed by atoms with Crippen molar-refractivity contribution in [2.75, 3.05) is 6.54 Å². The summed E-state index contributed by atoms with van der Waals surface area (Å²) in [6, 6.07) is 4.01. The lowest BCUT2D eigenvalue weighted by molar-refractivity contribution is -0.143. The maximum Gasteiger partial charge on any atom is 0.416 e. The zero-order chi connectivity index (χ0) is 15.0. The number of hydrogen-bond donors (Lipinski definition) is 2. The number of carboxylic acids is 1. The Morgan fingerprint density at radius 1 is 1.30 bits per heavy atom. The number of benzene rings is 1. The van der Waals surface area contributed by atoms with E-state index in [9.17, 15) is 22.8 Å². The van der Waals surface area contributed by atoms with Crippen molar-refractivity contribution >= 4 is 11.9 Å². The number of aliphatic carboxylic acids is 1. The van der Waals surface area contributed by atoms with Gasteiger partial charge in [0, 0.05) is 12.1 Å². The zero-order valence-corrected chi connectivity index (χ0v) is 10.3. The molecule has 0 saturated heterocycles. The minimum atomic E-state index is -4.52.